The van der Waals surface area contributed by atoms with Gasteiger partial charge in [0.25, 0.3) is 0 Å². The molecule has 1 aromatic rings. The molecular weight excluding hydrogens is 268 g/mol. The molecular formula is C16H24N2OS. The van der Waals surface area contributed by atoms with E-state index in [4.69, 9.17) is 4.74 Å². The number of benzene rings is 1. The monoisotopic (exact) mass is 292 g/mol. The Morgan fingerprint density at radius 1 is 1.15 bits per heavy atom. The minimum Gasteiger partial charge on any atom is -0.492 e. The molecule has 1 saturated carbocycles. The Balaban J connectivity index is 1.37. The Hall–Kier alpha value is -0.710. The van der Waals surface area contributed by atoms with Crippen LogP contribution < -0.4 is 15.4 Å². The summed E-state index contributed by atoms with van der Waals surface area (Å²) < 4.78 is 5.84. The molecule has 1 aromatic carbocycles. The highest BCUT2D eigenvalue weighted by Gasteiger charge is 2.34. The molecule has 0 radical (unpaired) electrons. The van der Waals surface area contributed by atoms with Gasteiger partial charge in [0, 0.05) is 17.8 Å². The molecule has 1 saturated heterocycles. The Labute approximate surface area is 125 Å². The first-order valence-electron chi connectivity index (χ1n) is 7.65. The van der Waals surface area contributed by atoms with Crippen LogP contribution in [0.25, 0.3) is 0 Å². The van der Waals surface area contributed by atoms with E-state index in [1.807, 2.05) is 30.0 Å². The van der Waals surface area contributed by atoms with Gasteiger partial charge in [-0.1, -0.05) is 31.0 Å². The molecule has 2 fully saturated rings. The van der Waals surface area contributed by atoms with Gasteiger partial charge in [0.1, 0.15) is 11.2 Å². The van der Waals surface area contributed by atoms with E-state index in [1.54, 1.807) is 0 Å². The van der Waals surface area contributed by atoms with Crippen molar-refractivity contribution in [1.29, 1.82) is 0 Å². The van der Waals surface area contributed by atoms with Crippen LogP contribution in [0.2, 0.25) is 0 Å². The molecule has 1 aliphatic heterocycles. The van der Waals surface area contributed by atoms with E-state index in [-0.39, 0.29) is 0 Å². The Morgan fingerprint density at radius 3 is 2.55 bits per heavy atom. The molecule has 2 aliphatic rings. The first-order valence-corrected chi connectivity index (χ1v) is 8.70. The smallest absolute Gasteiger partial charge is 0.122 e. The molecule has 1 aliphatic carbocycles. The zero-order chi connectivity index (χ0) is 13.8. The maximum Gasteiger partial charge on any atom is 0.122 e. The van der Waals surface area contributed by atoms with E-state index in [9.17, 15) is 0 Å². The topological polar surface area (TPSA) is 33.3 Å². The largest absolute Gasteiger partial charge is 0.492 e. The third kappa shape index (κ3) is 3.48. The first-order chi connectivity index (χ1) is 9.83. The van der Waals surface area contributed by atoms with E-state index in [0.29, 0.717) is 17.6 Å². The minimum absolute atomic E-state index is 0.406. The number of aryl methyl sites for hydroxylation is 1. The van der Waals surface area contributed by atoms with Crippen molar-refractivity contribution in [3.8, 4) is 5.75 Å². The van der Waals surface area contributed by atoms with Gasteiger partial charge in [0.2, 0.25) is 0 Å². The van der Waals surface area contributed by atoms with Crippen molar-refractivity contribution in [2.45, 2.75) is 50.2 Å². The first kappa shape index (κ1) is 14.2. The van der Waals surface area contributed by atoms with Crippen LogP contribution in [0.1, 0.15) is 31.2 Å². The summed E-state index contributed by atoms with van der Waals surface area (Å²) >= 11 is 1.93. The standard InChI is InChI=1S/C16H24N2OS/c1-12-6-2-5-9-15(12)19-10-11-20-16-17-13-7-3-4-8-14(13)18-16/h2,5-6,9,13-14,16-18H,3-4,7-8,10-11H2,1H3. The Morgan fingerprint density at radius 2 is 1.85 bits per heavy atom. The predicted molar refractivity (Wildman–Crippen MR) is 85.2 cm³/mol. The molecule has 0 spiro atoms. The molecule has 1 heterocycles. The summed E-state index contributed by atoms with van der Waals surface area (Å²) in [4.78, 5) is 0. The number of rotatable bonds is 5. The van der Waals surface area contributed by atoms with E-state index >= 15 is 0 Å². The molecule has 2 atom stereocenters. The summed E-state index contributed by atoms with van der Waals surface area (Å²) in [5.41, 5.74) is 1.62. The summed E-state index contributed by atoms with van der Waals surface area (Å²) in [6.45, 7) is 2.86. The average molecular weight is 292 g/mol. The number of hydrogen-bond donors (Lipinski definition) is 2. The van der Waals surface area contributed by atoms with Crippen LogP contribution in [0.3, 0.4) is 0 Å². The zero-order valence-corrected chi connectivity index (χ0v) is 12.9. The summed E-state index contributed by atoms with van der Waals surface area (Å²) in [5, 5.41) is 7.40. The molecule has 110 valence electrons. The third-order valence-corrected chi connectivity index (χ3v) is 5.22. The van der Waals surface area contributed by atoms with Crippen molar-refractivity contribution in [2.75, 3.05) is 12.4 Å². The van der Waals surface area contributed by atoms with Crippen molar-refractivity contribution < 1.29 is 4.74 Å². The molecule has 3 rings (SSSR count). The molecule has 0 bridgehead atoms. The molecule has 0 aromatic heterocycles. The van der Waals surface area contributed by atoms with Crippen molar-refractivity contribution in [3.05, 3.63) is 29.8 Å². The highest BCUT2D eigenvalue weighted by Crippen LogP contribution is 2.26. The average Bonchev–Trinajstić information content (AvgIpc) is 2.88. The quantitative estimate of drug-likeness (QED) is 0.818. The lowest BCUT2D eigenvalue weighted by Crippen LogP contribution is -2.36. The van der Waals surface area contributed by atoms with Gasteiger partial charge in [-0.2, -0.15) is 0 Å². The fourth-order valence-corrected chi connectivity index (χ4v) is 4.06. The molecule has 0 amide bonds. The second-order valence-corrected chi connectivity index (χ2v) is 6.91. The minimum atomic E-state index is 0.406. The second kappa shape index (κ2) is 6.83. The normalized spacial score (nSPS) is 29.1. The molecule has 2 unspecified atom stereocenters. The van der Waals surface area contributed by atoms with Gasteiger partial charge >= 0.3 is 0 Å². The Bertz CT molecular complexity index is 426. The number of nitrogens with one attached hydrogen (secondary N) is 2. The van der Waals surface area contributed by atoms with Crippen LogP contribution in [0, 0.1) is 6.92 Å². The van der Waals surface area contributed by atoms with E-state index in [0.717, 1.165) is 18.1 Å². The SMILES string of the molecule is Cc1ccccc1OCCSC1NC2CCCCC2N1. The third-order valence-electron chi connectivity index (χ3n) is 4.22. The van der Waals surface area contributed by atoms with Crippen LogP contribution in [0.5, 0.6) is 5.75 Å². The number of hydrogen-bond acceptors (Lipinski definition) is 4. The van der Waals surface area contributed by atoms with Gasteiger partial charge in [0.15, 0.2) is 0 Å². The van der Waals surface area contributed by atoms with Crippen LogP contribution >= 0.6 is 11.8 Å². The number of para-hydroxylation sites is 1. The van der Waals surface area contributed by atoms with E-state index in [1.165, 1.54) is 31.2 Å². The van der Waals surface area contributed by atoms with Crippen molar-refractivity contribution in [3.63, 3.8) is 0 Å². The van der Waals surface area contributed by atoms with E-state index < -0.39 is 0 Å². The van der Waals surface area contributed by atoms with Crippen LogP contribution in [0.15, 0.2) is 24.3 Å². The second-order valence-electron chi connectivity index (χ2n) is 5.70. The summed E-state index contributed by atoms with van der Waals surface area (Å²) in [6, 6.07) is 9.59. The van der Waals surface area contributed by atoms with Crippen molar-refractivity contribution >= 4 is 11.8 Å². The molecule has 20 heavy (non-hydrogen) atoms. The van der Waals surface area contributed by atoms with E-state index in [2.05, 4.69) is 23.6 Å². The fourth-order valence-electron chi connectivity index (χ4n) is 3.10. The molecule has 3 nitrogen and oxygen atoms in total. The maximum atomic E-state index is 5.84. The van der Waals surface area contributed by atoms with Gasteiger partial charge in [0.05, 0.1) is 6.61 Å². The maximum absolute atomic E-state index is 5.84. The van der Waals surface area contributed by atoms with Gasteiger partial charge < -0.3 is 4.74 Å². The van der Waals surface area contributed by atoms with Gasteiger partial charge in [-0.25, -0.2) is 0 Å². The highest BCUT2D eigenvalue weighted by molar-refractivity contribution is 7.99. The molecule has 4 heteroatoms. The number of ether oxygens (including phenoxy) is 1. The lowest BCUT2D eigenvalue weighted by atomic mass is 9.92. The van der Waals surface area contributed by atoms with Gasteiger partial charge in [-0.15, -0.1) is 11.8 Å². The Kier molecular flexibility index (Phi) is 4.86. The van der Waals surface area contributed by atoms with Gasteiger partial charge in [-0.3, -0.25) is 10.6 Å². The fraction of sp³-hybridized carbons (Fsp3) is 0.625. The summed E-state index contributed by atoms with van der Waals surface area (Å²) in [6.07, 6.45) is 5.41. The predicted octanol–water partition coefficient (Wildman–Crippen LogP) is 2.89. The van der Waals surface area contributed by atoms with Crippen molar-refractivity contribution in [1.82, 2.24) is 10.6 Å². The van der Waals surface area contributed by atoms with Crippen LogP contribution in [0.4, 0.5) is 0 Å². The number of thioether (sulfide) groups is 1. The number of fused-ring (bicyclic) bond motifs is 1. The molecule has 2 N–H and O–H groups in total. The van der Waals surface area contributed by atoms with Crippen molar-refractivity contribution in [2.24, 2.45) is 0 Å². The highest BCUT2D eigenvalue weighted by atomic mass is 32.2. The zero-order valence-electron chi connectivity index (χ0n) is 12.1. The van der Waals surface area contributed by atoms with Crippen LogP contribution in [-0.2, 0) is 0 Å². The van der Waals surface area contributed by atoms with Crippen LogP contribution in [-0.4, -0.2) is 29.9 Å². The summed E-state index contributed by atoms with van der Waals surface area (Å²) in [5.74, 6) is 2.02. The lowest BCUT2D eigenvalue weighted by Gasteiger charge is -2.23. The summed E-state index contributed by atoms with van der Waals surface area (Å²) in [7, 11) is 0. The lowest BCUT2D eigenvalue weighted by molar-refractivity contribution is 0.341. The van der Waals surface area contributed by atoms with Gasteiger partial charge in [-0.05, 0) is 31.4 Å².